The molecule has 1 aromatic carbocycles. The Morgan fingerprint density at radius 2 is 2.08 bits per heavy atom. The van der Waals surface area contributed by atoms with Crippen LogP contribution < -0.4 is 5.32 Å². The molecule has 0 saturated carbocycles. The van der Waals surface area contributed by atoms with Gasteiger partial charge in [0.15, 0.2) is 0 Å². The van der Waals surface area contributed by atoms with Crippen LogP contribution in [0, 0.1) is 6.92 Å². The van der Waals surface area contributed by atoms with E-state index in [0.29, 0.717) is 12.4 Å². The van der Waals surface area contributed by atoms with Crippen LogP contribution in [0.5, 0.6) is 0 Å². The minimum absolute atomic E-state index is 0.00825. The van der Waals surface area contributed by atoms with Gasteiger partial charge in [-0.15, -0.1) is 11.3 Å². The normalized spacial score (nSPS) is 12.3. The molecule has 0 bridgehead atoms. The highest BCUT2D eigenvalue weighted by molar-refractivity contribution is 8.00. The smallest absolute Gasteiger partial charge is 0.230 e. The van der Waals surface area contributed by atoms with Gasteiger partial charge in [0, 0.05) is 23.4 Å². The highest BCUT2D eigenvalue weighted by atomic mass is 32.2. The van der Waals surface area contributed by atoms with E-state index in [1.807, 2.05) is 32.0 Å². The number of hydrogen-bond acceptors (Lipinski definition) is 6. The van der Waals surface area contributed by atoms with Gasteiger partial charge >= 0.3 is 0 Å². The van der Waals surface area contributed by atoms with Crippen molar-refractivity contribution in [2.45, 2.75) is 24.9 Å². The summed E-state index contributed by atoms with van der Waals surface area (Å²) in [6.07, 6.45) is 0. The molecule has 0 aliphatic carbocycles. The molecule has 5 nitrogen and oxygen atoms in total. The maximum atomic E-state index is 12.1. The third-order valence-electron chi connectivity index (χ3n) is 3.69. The molecule has 0 aliphatic heterocycles. The van der Waals surface area contributed by atoms with Crippen LogP contribution in [0.15, 0.2) is 41.4 Å². The Hall–Kier alpha value is -1.96. The minimum Gasteiger partial charge on any atom is -0.383 e. The second-order valence-electron chi connectivity index (χ2n) is 5.98. The van der Waals surface area contributed by atoms with Gasteiger partial charge in [-0.3, -0.25) is 4.79 Å². The van der Waals surface area contributed by atoms with Crippen LogP contribution in [0.25, 0.3) is 20.7 Å². The molecule has 0 aliphatic rings. The highest BCUT2D eigenvalue weighted by Crippen LogP contribution is 2.36. The average Bonchev–Trinajstić information content (AvgIpc) is 3.04. The topological polar surface area (TPSA) is 64.1 Å². The molecule has 0 saturated heterocycles. The quantitative estimate of drug-likeness (QED) is 0.492. The number of nitrogens with zero attached hydrogens (tertiary/aromatic N) is 2. The molecule has 136 valence electrons. The van der Waals surface area contributed by atoms with Crippen LogP contribution in [0.4, 0.5) is 0 Å². The molecule has 1 atom stereocenters. The molecule has 3 rings (SSSR count). The van der Waals surface area contributed by atoms with Crippen molar-refractivity contribution >= 4 is 39.2 Å². The summed E-state index contributed by atoms with van der Waals surface area (Å²) in [6.45, 7) is 4.30. The number of hydrogen-bond donors (Lipinski definition) is 1. The number of aryl methyl sites for hydroxylation is 1. The van der Waals surface area contributed by atoms with Crippen molar-refractivity contribution in [1.82, 2.24) is 15.3 Å². The number of thioether (sulfide) groups is 1. The molecular formula is C19H21N3O2S2. The molecule has 2 aromatic heterocycles. The number of amides is 1. The van der Waals surface area contributed by atoms with Gasteiger partial charge in [0.2, 0.25) is 5.91 Å². The van der Waals surface area contributed by atoms with Crippen LogP contribution in [0.2, 0.25) is 0 Å². The zero-order valence-electron chi connectivity index (χ0n) is 15.0. The molecule has 0 unspecified atom stereocenters. The summed E-state index contributed by atoms with van der Waals surface area (Å²) in [6, 6.07) is 12.3. The van der Waals surface area contributed by atoms with Crippen LogP contribution in [0.3, 0.4) is 0 Å². The number of benzene rings is 1. The molecule has 7 heteroatoms. The summed E-state index contributed by atoms with van der Waals surface area (Å²) in [5.74, 6) is 1.01. The van der Waals surface area contributed by atoms with Crippen molar-refractivity contribution in [1.29, 1.82) is 0 Å². The average molecular weight is 388 g/mol. The molecule has 26 heavy (non-hydrogen) atoms. The molecular weight excluding hydrogens is 366 g/mol. The summed E-state index contributed by atoms with van der Waals surface area (Å²) in [4.78, 5) is 23.3. The Balaban J connectivity index is 1.80. The van der Waals surface area contributed by atoms with Gasteiger partial charge in [-0.1, -0.05) is 42.1 Å². The number of ether oxygens (including phenoxy) is 1. The van der Waals surface area contributed by atoms with Gasteiger partial charge in [0.1, 0.15) is 15.7 Å². The zero-order chi connectivity index (χ0) is 18.5. The van der Waals surface area contributed by atoms with E-state index in [1.165, 1.54) is 11.8 Å². The van der Waals surface area contributed by atoms with E-state index >= 15 is 0 Å². The first kappa shape index (κ1) is 18.8. The second kappa shape index (κ2) is 8.62. The van der Waals surface area contributed by atoms with Crippen LogP contribution >= 0.6 is 23.1 Å². The molecule has 0 spiro atoms. The first-order valence-electron chi connectivity index (χ1n) is 8.31. The predicted octanol–water partition coefficient (Wildman–Crippen LogP) is 3.91. The molecule has 0 fully saturated rings. The third kappa shape index (κ3) is 4.60. The third-order valence-corrected chi connectivity index (χ3v) is 5.76. The number of nitrogens with one attached hydrogen (secondary N) is 1. The maximum Gasteiger partial charge on any atom is 0.230 e. The first-order chi connectivity index (χ1) is 12.6. The molecule has 2 heterocycles. The van der Waals surface area contributed by atoms with Gasteiger partial charge in [-0.05, 0) is 25.5 Å². The Morgan fingerprint density at radius 1 is 1.31 bits per heavy atom. The van der Waals surface area contributed by atoms with Gasteiger partial charge in [0.25, 0.3) is 0 Å². The summed E-state index contributed by atoms with van der Waals surface area (Å²) < 4.78 is 5.04. The van der Waals surface area contributed by atoms with E-state index in [-0.39, 0.29) is 11.9 Å². The number of carbonyl (C=O) groups is 1. The SMILES string of the molecule is COC[C@@H](C)NC(=O)CSc1nc(C)nc2sc(-c3ccccc3)cc12. The minimum atomic E-state index is -0.0255. The fraction of sp³-hybridized carbons (Fsp3) is 0.316. The lowest BCUT2D eigenvalue weighted by Crippen LogP contribution is -2.36. The molecule has 1 amide bonds. The first-order valence-corrected chi connectivity index (χ1v) is 10.1. The van der Waals surface area contributed by atoms with Crippen LogP contribution in [0.1, 0.15) is 12.7 Å². The monoisotopic (exact) mass is 387 g/mol. The Bertz CT molecular complexity index is 896. The maximum absolute atomic E-state index is 12.1. The Morgan fingerprint density at radius 3 is 2.81 bits per heavy atom. The summed E-state index contributed by atoms with van der Waals surface area (Å²) in [5, 5.41) is 4.77. The summed E-state index contributed by atoms with van der Waals surface area (Å²) in [5.41, 5.74) is 1.16. The van der Waals surface area contributed by atoms with Crippen molar-refractivity contribution in [3.05, 3.63) is 42.2 Å². The van der Waals surface area contributed by atoms with Gasteiger partial charge in [0.05, 0.1) is 12.4 Å². The standard InChI is InChI=1S/C19H21N3O2S2/c1-12(10-24-3)20-17(23)11-25-18-15-9-16(14-7-5-4-6-8-14)26-19(15)22-13(2)21-18/h4-9,12H,10-11H2,1-3H3,(H,20,23)/t12-/m1/s1. The van der Waals surface area contributed by atoms with E-state index in [0.717, 1.165) is 31.5 Å². The largest absolute Gasteiger partial charge is 0.383 e. The predicted molar refractivity (Wildman–Crippen MR) is 108 cm³/mol. The lowest BCUT2D eigenvalue weighted by molar-refractivity contribution is -0.119. The summed E-state index contributed by atoms with van der Waals surface area (Å²) in [7, 11) is 1.62. The van der Waals surface area contributed by atoms with E-state index in [9.17, 15) is 4.79 Å². The van der Waals surface area contributed by atoms with Crippen molar-refractivity contribution in [2.24, 2.45) is 0 Å². The number of thiophene rings is 1. The van der Waals surface area contributed by atoms with E-state index in [1.54, 1.807) is 18.4 Å². The zero-order valence-corrected chi connectivity index (χ0v) is 16.6. The fourth-order valence-corrected chi connectivity index (χ4v) is 4.60. The highest BCUT2D eigenvalue weighted by Gasteiger charge is 2.14. The van der Waals surface area contributed by atoms with Gasteiger partial charge < -0.3 is 10.1 Å². The molecule has 3 aromatic rings. The van der Waals surface area contributed by atoms with Crippen molar-refractivity contribution in [2.75, 3.05) is 19.5 Å². The lowest BCUT2D eigenvalue weighted by atomic mass is 10.2. The Labute approximate surface area is 161 Å². The van der Waals surface area contributed by atoms with E-state index in [4.69, 9.17) is 4.74 Å². The molecule has 1 N–H and O–H groups in total. The number of carbonyl (C=O) groups excluding carboxylic acids is 1. The fourth-order valence-electron chi connectivity index (χ4n) is 2.59. The van der Waals surface area contributed by atoms with Crippen molar-refractivity contribution in [3.8, 4) is 10.4 Å². The lowest BCUT2D eigenvalue weighted by Gasteiger charge is -2.12. The number of aromatic nitrogens is 2. The number of fused-ring (bicyclic) bond motifs is 1. The molecule has 0 radical (unpaired) electrons. The second-order valence-corrected chi connectivity index (χ2v) is 7.98. The van der Waals surface area contributed by atoms with E-state index in [2.05, 4.69) is 33.5 Å². The van der Waals surface area contributed by atoms with Crippen LogP contribution in [-0.2, 0) is 9.53 Å². The number of rotatable bonds is 7. The van der Waals surface area contributed by atoms with E-state index < -0.39 is 0 Å². The Kier molecular flexibility index (Phi) is 6.24. The van der Waals surface area contributed by atoms with Crippen LogP contribution in [-0.4, -0.2) is 41.4 Å². The van der Waals surface area contributed by atoms with Crippen molar-refractivity contribution in [3.63, 3.8) is 0 Å². The summed E-state index contributed by atoms with van der Waals surface area (Å²) >= 11 is 3.09. The number of methoxy groups -OCH3 is 1. The van der Waals surface area contributed by atoms with Gasteiger partial charge in [-0.2, -0.15) is 0 Å². The van der Waals surface area contributed by atoms with Gasteiger partial charge in [-0.25, -0.2) is 9.97 Å². The van der Waals surface area contributed by atoms with Crippen molar-refractivity contribution < 1.29 is 9.53 Å².